The van der Waals surface area contributed by atoms with E-state index in [0.29, 0.717) is 18.7 Å². The van der Waals surface area contributed by atoms with Gasteiger partial charge in [-0.3, -0.25) is 4.79 Å². The Morgan fingerprint density at radius 3 is 2.83 bits per heavy atom. The van der Waals surface area contributed by atoms with Crippen LogP contribution in [-0.2, 0) is 19.4 Å². The first kappa shape index (κ1) is 17.5. The first-order chi connectivity index (χ1) is 14.2. The SMILES string of the molecule is C[C@H]1CN(C(=O)c2ccc3ncnn3c2)Cc2nnc(CCc3ccccc3)n21. The zero-order valence-electron chi connectivity index (χ0n) is 16.1. The number of hydrogen-bond donors (Lipinski definition) is 0. The fourth-order valence-electron chi connectivity index (χ4n) is 3.97. The Kier molecular flexibility index (Phi) is 4.31. The van der Waals surface area contributed by atoms with Gasteiger partial charge >= 0.3 is 0 Å². The summed E-state index contributed by atoms with van der Waals surface area (Å²) >= 11 is 0. The Morgan fingerprint density at radius 2 is 1.97 bits per heavy atom. The van der Waals surface area contributed by atoms with Crippen molar-refractivity contribution in [1.82, 2.24) is 34.3 Å². The zero-order chi connectivity index (χ0) is 19.8. The highest BCUT2D eigenvalue weighted by atomic mass is 16.2. The van der Waals surface area contributed by atoms with Gasteiger partial charge in [-0.1, -0.05) is 30.3 Å². The molecule has 1 aromatic carbocycles. The molecular weight excluding hydrogens is 366 g/mol. The van der Waals surface area contributed by atoms with Crippen LogP contribution in [0.5, 0.6) is 0 Å². The highest BCUT2D eigenvalue weighted by Crippen LogP contribution is 2.24. The number of carbonyl (C=O) groups is 1. The second kappa shape index (κ2) is 7.12. The van der Waals surface area contributed by atoms with Crippen molar-refractivity contribution in [3.8, 4) is 0 Å². The van der Waals surface area contributed by atoms with E-state index in [4.69, 9.17) is 0 Å². The van der Waals surface area contributed by atoms with Crippen molar-refractivity contribution in [3.63, 3.8) is 0 Å². The van der Waals surface area contributed by atoms with Gasteiger partial charge in [0.2, 0.25) is 0 Å². The van der Waals surface area contributed by atoms with Crippen LogP contribution in [0.4, 0.5) is 0 Å². The highest BCUT2D eigenvalue weighted by molar-refractivity contribution is 5.94. The van der Waals surface area contributed by atoms with Crippen LogP contribution in [0.3, 0.4) is 0 Å². The normalized spacial score (nSPS) is 16.2. The maximum absolute atomic E-state index is 13.0. The van der Waals surface area contributed by atoms with E-state index in [9.17, 15) is 4.79 Å². The molecule has 1 amide bonds. The molecule has 146 valence electrons. The number of aryl methyl sites for hydroxylation is 2. The molecule has 8 heteroatoms. The average Bonchev–Trinajstić information content (AvgIpc) is 3.39. The van der Waals surface area contributed by atoms with Gasteiger partial charge in [0.15, 0.2) is 11.5 Å². The average molecular weight is 387 g/mol. The molecule has 1 atom stereocenters. The van der Waals surface area contributed by atoms with Crippen molar-refractivity contribution < 1.29 is 4.79 Å². The molecule has 0 N–H and O–H groups in total. The predicted octanol–water partition coefficient (Wildman–Crippen LogP) is 2.32. The first-order valence-electron chi connectivity index (χ1n) is 9.74. The van der Waals surface area contributed by atoms with Crippen LogP contribution in [0.1, 0.15) is 40.5 Å². The number of carbonyl (C=O) groups excluding carboxylic acids is 1. The molecular formula is C21H21N7O. The Labute approximate surface area is 167 Å². The minimum absolute atomic E-state index is 0.0330. The van der Waals surface area contributed by atoms with Crippen molar-refractivity contribution in [1.29, 1.82) is 0 Å². The lowest BCUT2D eigenvalue weighted by Gasteiger charge is -2.32. The molecule has 1 aliphatic rings. The second-order valence-corrected chi connectivity index (χ2v) is 7.40. The number of hydrogen-bond acceptors (Lipinski definition) is 5. The van der Waals surface area contributed by atoms with Crippen LogP contribution in [0.2, 0.25) is 0 Å². The van der Waals surface area contributed by atoms with E-state index in [2.05, 4.69) is 56.0 Å². The fraction of sp³-hybridized carbons (Fsp3) is 0.286. The van der Waals surface area contributed by atoms with Gasteiger partial charge in [-0.2, -0.15) is 5.10 Å². The summed E-state index contributed by atoms with van der Waals surface area (Å²) < 4.78 is 3.80. The molecule has 1 aliphatic heterocycles. The summed E-state index contributed by atoms with van der Waals surface area (Å²) in [5, 5.41) is 12.9. The molecule has 3 aromatic heterocycles. The lowest BCUT2D eigenvalue weighted by Crippen LogP contribution is -2.41. The first-order valence-corrected chi connectivity index (χ1v) is 9.74. The molecule has 0 saturated heterocycles. The molecule has 5 rings (SSSR count). The van der Waals surface area contributed by atoms with E-state index in [1.54, 1.807) is 22.8 Å². The third-order valence-corrected chi connectivity index (χ3v) is 5.38. The van der Waals surface area contributed by atoms with E-state index >= 15 is 0 Å². The minimum atomic E-state index is -0.0330. The largest absolute Gasteiger partial charge is 0.329 e. The maximum Gasteiger partial charge on any atom is 0.255 e. The van der Waals surface area contributed by atoms with E-state index < -0.39 is 0 Å². The molecule has 0 unspecified atom stereocenters. The van der Waals surface area contributed by atoms with Gasteiger partial charge in [0.1, 0.15) is 12.2 Å². The molecule has 0 saturated carbocycles. The maximum atomic E-state index is 13.0. The Morgan fingerprint density at radius 1 is 1.10 bits per heavy atom. The van der Waals surface area contributed by atoms with Crippen molar-refractivity contribution in [2.45, 2.75) is 32.4 Å². The van der Waals surface area contributed by atoms with E-state index in [-0.39, 0.29) is 11.9 Å². The summed E-state index contributed by atoms with van der Waals surface area (Å²) in [6.07, 6.45) is 4.95. The summed E-state index contributed by atoms with van der Waals surface area (Å²) in [7, 11) is 0. The number of nitrogens with zero attached hydrogens (tertiary/aromatic N) is 7. The third kappa shape index (κ3) is 3.26. The zero-order valence-corrected chi connectivity index (χ0v) is 16.1. The van der Waals surface area contributed by atoms with Crippen molar-refractivity contribution >= 4 is 11.6 Å². The van der Waals surface area contributed by atoms with Gasteiger partial charge in [-0.05, 0) is 31.0 Å². The molecule has 29 heavy (non-hydrogen) atoms. The summed E-state index contributed by atoms with van der Waals surface area (Å²) in [5.74, 6) is 1.78. The van der Waals surface area contributed by atoms with Crippen molar-refractivity contribution in [2.24, 2.45) is 0 Å². The number of amides is 1. The number of aromatic nitrogens is 6. The number of pyridine rings is 1. The summed E-state index contributed by atoms with van der Waals surface area (Å²) in [5.41, 5.74) is 2.59. The molecule has 0 bridgehead atoms. The van der Waals surface area contributed by atoms with Crippen LogP contribution in [-0.4, -0.2) is 46.7 Å². The Hall–Kier alpha value is -3.55. The van der Waals surface area contributed by atoms with Gasteiger partial charge in [0.25, 0.3) is 5.91 Å². The van der Waals surface area contributed by atoms with Crippen LogP contribution in [0, 0.1) is 0 Å². The van der Waals surface area contributed by atoms with E-state index in [1.807, 2.05) is 11.0 Å². The van der Waals surface area contributed by atoms with Crippen LogP contribution >= 0.6 is 0 Å². The molecule has 0 fully saturated rings. The molecule has 0 radical (unpaired) electrons. The second-order valence-electron chi connectivity index (χ2n) is 7.40. The lowest BCUT2D eigenvalue weighted by atomic mass is 10.1. The molecule has 0 aliphatic carbocycles. The smallest absolute Gasteiger partial charge is 0.255 e. The number of fused-ring (bicyclic) bond motifs is 2. The van der Waals surface area contributed by atoms with Crippen molar-refractivity contribution in [3.05, 3.63) is 77.8 Å². The summed E-state index contributed by atoms with van der Waals surface area (Å²) in [6, 6.07) is 14.1. The van der Waals surface area contributed by atoms with Crippen molar-refractivity contribution in [2.75, 3.05) is 6.54 Å². The fourth-order valence-corrected chi connectivity index (χ4v) is 3.97. The van der Waals surface area contributed by atoms with Gasteiger partial charge in [-0.15, -0.1) is 10.2 Å². The third-order valence-electron chi connectivity index (χ3n) is 5.38. The van der Waals surface area contributed by atoms with E-state index in [1.165, 1.54) is 11.9 Å². The van der Waals surface area contributed by atoms with Gasteiger partial charge < -0.3 is 9.47 Å². The van der Waals surface area contributed by atoms with Crippen LogP contribution in [0.25, 0.3) is 5.65 Å². The topological polar surface area (TPSA) is 81.2 Å². The molecule has 8 nitrogen and oxygen atoms in total. The van der Waals surface area contributed by atoms with Crippen LogP contribution in [0.15, 0.2) is 55.0 Å². The van der Waals surface area contributed by atoms with Crippen LogP contribution < -0.4 is 0 Å². The van der Waals surface area contributed by atoms with E-state index in [0.717, 1.165) is 30.1 Å². The summed E-state index contributed by atoms with van der Waals surface area (Å²) in [6.45, 7) is 3.19. The van der Waals surface area contributed by atoms with Gasteiger partial charge in [0.05, 0.1) is 18.2 Å². The molecule has 0 spiro atoms. The minimum Gasteiger partial charge on any atom is -0.329 e. The summed E-state index contributed by atoms with van der Waals surface area (Å²) in [4.78, 5) is 19.0. The predicted molar refractivity (Wildman–Crippen MR) is 106 cm³/mol. The Bertz CT molecular complexity index is 1160. The highest BCUT2D eigenvalue weighted by Gasteiger charge is 2.29. The standard InChI is InChI=1S/C21H21N7O/c1-15-11-26(21(29)17-8-10-18-22-14-23-27(18)12-17)13-20-25-24-19(28(15)20)9-7-16-5-3-2-4-6-16/h2-6,8,10,12,14-15H,7,9,11,13H2,1H3/t15-/m0/s1. The van der Waals surface area contributed by atoms with Gasteiger partial charge in [0, 0.05) is 19.2 Å². The number of benzene rings is 1. The lowest BCUT2D eigenvalue weighted by molar-refractivity contribution is 0.0679. The Balaban J connectivity index is 1.34. The van der Waals surface area contributed by atoms with Gasteiger partial charge in [-0.25, -0.2) is 9.50 Å². The number of rotatable bonds is 4. The molecule has 4 heterocycles. The monoisotopic (exact) mass is 387 g/mol. The molecule has 4 aromatic rings. The quantitative estimate of drug-likeness (QED) is 0.537.